The molecule has 2 amide bonds. The molecule has 4 aromatic carbocycles. The van der Waals surface area contributed by atoms with E-state index in [4.69, 9.17) is 11.6 Å². The van der Waals surface area contributed by atoms with Gasteiger partial charge in [-0.15, -0.1) is 0 Å². The maximum absolute atomic E-state index is 14.4. The Balaban J connectivity index is 1.79. The number of carbonyl (C=O) groups is 2. The number of sulfonamides is 1. The van der Waals surface area contributed by atoms with Gasteiger partial charge in [0, 0.05) is 24.0 Å². The number of hydrogen-bond donors (Lipinski definition) is 1. The fourth-order valence-corrected chi connectivity index (χ4v) is 6.20. The third-order valence-electron chi connectivity index (χ3n) is 7.26. The Bertz CT molecular complexity index is 1640. The minimum absolute atomic E-state index is 0.0179. The summed E-state index contributed by atoms with van der Waals surface area (Å²) in [7, 11) is -4.26. The van der Waals surface area contributed by atoms with Crippen LogP contribution in [0.25, 0.3) is 0 Å². The SMILES string of the molecule is CC[C@@H](C)NC(=O)[C@@H](Cc1ccccc1)N(Cc1ccc(Cl)cc1)C(=O)CN(c1ccc(F)cc1)S(=O)(=O)c1ccccc1. The molecule has 2 atom stereocenters. The molecule has 0 radical (unpaired) electrons. The molecule has 44 heavy (non-hydrogen) atoms. The lowest BCUT2D eigenvalue weighted by molar-refractivity contribution is -0.140. The first-order valence-electron chi connectivity index (χ1n) is 14.3. The fourth-order valence-electron chi connectivity index (χ4n) is 4.64. The topological polar surface area (TPSA) is 86.8 Å². The Hall–Kier alpha value is -4.21. The zero-order valence-electron chi connectivity index (χ0n) is 24.6. The van der Waals surface area contributed by atoms with Gasteiger partial charge in [0.15, 0.2) is 0 Å². The van der Waals surface area contributed by atoms with E-state index in [1.54, 1.807) is 42.5 Å². The Labute approximate surface area is 263 Å². The van der Waals surface area contributed by atoms with E-state index in [0.29, 0.717) is 17.0 Å². The van der Waals surface area contributed by atoms with E-state index < -0.39 is 34.3 Å². The summed E-state index contributed by atoms with van der Waals surface area (Å²) in [4.78, 5) is 29.6. The van der Waals surface area contributed by atoms with E-state index in [0.717, 1.165) is 22.0 Å². The Morgan fingerprint density at radius 2 is 1.43 bits per heavy atom. The molecule has 0 fully saturated rings. The number of nitrogens with zero attached hydrogens (tertiary/aromatic N) is 2. The normalized spacial score (nSPS) is 12.6. The summed E-state index contributed by atoms with van der Waals surface area (Å²) in [6.07, 6.45) is 0.882. The molecule has 0 aliphatic rings. The molecular weight excluding hydrogens is 601 g/mol. The highest BCUT2D eigenvalue weighted by atomic mass is 35.5. The Kier molecular flexibility index (Phi) is 11.1. The van der Waals surface area contributed by atoms with Crippen LogP contribution in [0.2, 0.25) is 5.02 Å². The van der Waals surface area contributed by atoms with Crippen molar-refractivity contribution in [1.82, 2.24) is 10.2 Å². The van der Waals surface area contributed by atoms with Crippen LogP contribution in [0.15, 0.2) is 114 Å². The maximum Gasteiger partial charge on any atom is 0.264 e. The number of rotatable bonds is 13. The van der Waals surface area contributed by atoms with Gasteiger partial charge in [0.25, 0.3) is 10.0 Å². The predicted molar refractivity (Wildman–Crippen MR) is 171 cm³/mol. The van der Waals surface area contributed by atoms with Crippen LogP contribution in [-0.2, 0) is 32.6 Å². The van der Waals surface area contributed by atoms with Crippen LogP contribution in [0.3, 0.4) is 0 Å². The zero-order valence-corrected chi connectivity index (χ0v) is 26.1. The van der Waals surface area contributed by atoms with Gasteiger partial charge in [-0.3, -0.25) is 13.9 Å². The first kappa shape index (κ1) is 32.7. The molecule has 10 heteroatoms. The zero-order chi connectivity index (χ0) is 31.7. The highest BCUT2D eigenvalue weighted by Gasteiger charge is 2.35. The van der Waals surface area contributed by atoms with Gasteiger partial charge in [-0.2, -0.15) is 0 Å². The largest absolute Gasteiger partial charge is 0.352 e. The lowest BCUT2D eigenvalue weighted by atomic mass is 10.0. The standard InChI is InChI=1S/C34H35ClFN3O4S/c1-3-25(2)37-34(41)32(22-26-10-6-4-7-11-26)38(23-27-14-16-28(35)17-15-27)33(40)24-39(30-20-18-29(36)19-21-30)44(42,43)31-12-8-5-9-13-31/h4-21,25,32H,3,22-24H2,1-2H3,(H,37,41)/t25-,32-/m1/s1. The second-order valence-corrected chi connectivity index (χ2v) is 12.8. The lowest BCUT2D eigenvalue weighted by Gasteiger charge is -2.34. The van der Waals surface area contributed by atoms with Crippen LogP contribution in [0.5, 0.6) is 0 Å². The van der Waals surface area contributed by atoms with Crippen molar-refractivity contribution in [3.8, 4) is 0 Å². The minimum atomic E-state index is -4.26. The van der Waals surface area contributed by atoms with Gasteiger partial charge in [0.05, 0.1) is 10.6 Å². The van der Waals surface area contributed by atoms with Gasteiger partial charge in [0.2, 0.25) is 11.8 Å². The van der Waals surface area contributed by atoms with E-state index in [-0.39, 0.29) is 35.5 Å². The summed E-state index contributed by atoms with van der Waals surface area (Å²) in [5.41, 5.74) is 1.65. The van der Waals surface area contributed by atoms with E-state index >= 15 is 0 Å². The van der Waals surface area contributed by atoms with Crippen molar-refractivity contribution in [3.63, 3.8) is 0 Å². The molecule has 0 saturated carbocycles. The molecule has 0 saturated heterocycles. The quantitative estimate of drug-likeness (QED) is 0.189. The average Bonchev–Trinajstić information content (AvgIpc) is 3.03. The highest BCUT2D eigenvalue weighted by Crippen LogP contribution is 2.25. The second kappa shape index (κ2) is 15.0. The third kappa shape index (κ3) is 8.45. The van der Waals surface area contributed by atoms with Gasteiger partial charge in [-0.1, -0.05) is 79.2 Å². The molecule has 230 valence electrons. The molecule has 0 aliphatic carbocycles. The number of nitrogens with one attached hydrogen (secondary N) is 1. The fraction of sp³-hybridized carbons (Fsp3) is 0.235. The number of halogens is 2. The summed E-state index contributed by atoms with van der Waals surface area (Å²) < 4.78 is 42.7. The van der Waals surface area contributed by atoms with Crippen molar-refractivity contribution in [1.29, 1.82) is 0 Å². The summed E-state index contributed by atoms with van der Waals surface area (Å²) >= 11 is 6.12. The first-order chi connectivity index (χ1) is 21.1. The van der Waals surface area contributed by atoms with Crippen LogP contribution < -0.4 is 9.62 Å². The number of anilines is 1. The minimum Gasteiger partial charge on any atom is -0.352 e. The first-order valence-corrected chi connectivity index (χ1v) is 16.1. The summed E-state index contributed by atoms with van der Waals surface area (Å²) in [5, 5.41) is 3.51. The maximum atomic E-state index is 14.4. The average molecular weight is 636 g/mol. The van der Waals surface area contributed by atoms with Crippen molar-refractivity contribution < 1.29 is 22.4 Å². The van der Waals surface area contributed by atoms with Crippen LogP contribution in [0.1, 0.15) is 31.4 Å². The molecular formula is C34H35ClFN3O4S. The second-order valence-electron chi connectivity index (χ2n) is 10.5. The van der Waals surface area contributed by atoms with E-state index in [1.807, 2.05) is 44.2 Å². The summed E-state index contributed by atoms with van der Waals surface area (Å²) in [6.45, 7) is 3.22. The third-order valence-corrected chi connectivity index (χ3v) is 9.30. The van der Waals surface area contributed by atoms with Crippen molar-refractivity contribution >= 4 is 39.1 Å². The number of amides is 2. The van der Waals surface area contributed by atoms with E-state index in [9.17, 15) is 22.4 Å². The summed E-state index contributed by atoms with van der Waals surface area (Å²) in [5.74, 6) is -1.51. The molecule has 0 aromatic heterocycles. The molecule has 0 bridgehead atoms. The monoisotopic (exact) mass is 635 g/mol. The Morgan fingerprint density at radius 1 is 0.841 bits per heavy atom. The smallest absolute Gasteiger partial charge is 0.264 e. The van der Waals surface area contributed by atoms with Crippen molar-refractivity contribution in [3.05, 3.63) is 131 Å². The van der Waals surface area contributed by atoms with Crippen LogP contribution in [0, 0.1) is 5.82 Å². The molecule has 7 nitrogen and oxygen atoms in total. The van der Waals surface area contributed by atoms with Gasteiger partial charge in [-0.25, -0.2) is 12.8 Å². The van der Waals surface area contributed by atoms with Crippen LogP contribution in [-0.4, -0.2) is 43.8 Å². The highest BCUT2D eigenvalue weighted by molar-refractivity contribution is 7.92. The molecule has 4 rings (SSSR count). The lowest BCUT2D eigenvalue weighted by Crippen LogP contribution is -2.54. The number of carbonyl (C=O) groups excluding carboxylic acids is 2. The van der Waals surface area contributed by atoms with E-state index in [1.165, 1.54) is 29.2 Å². The van der Waals surface area contributed by atoms with Crippen molar-refractivity contribution in [2.24, 2.45) is 0 Å². The van der Waals surface area contributed by atoms with Crippen LogP contribution in [0.4, 0.5) is 10.1 Å². The molecule has 0 heterocycles. The molecule has 1 N–H and O–H groups in total. The predicted octanol–water partition coefficient (Wildman–Crippen LogP) is 6.23. The molecule has 4 aromatic rings. The molecule has 0 aliphatic heterocycles. The summed E-state index contributed by atoms with van der Waals surface area (Å²) in [6, 6.07) is 27.7. The molecule has 0 unspecified atom stereocenters. The molecule has 0 spiro atoms. The van der Waals surface area contributed by atoms with Gasteiger partial charge < -0.3 is 10.2 Å². The van der Waals surface area contributed by atoms with Crippen molar-refractivity contribution in [2.75, 3.05) is 10.8 Å². The number of benzene rings is 4. The number of hydrogen-bond acceptors (Lipinski definition) is 4. The van der Waals surface area contributed by atoms with Gasteiger partial charge >= 0.3 is 0 Å². The Morgan fingerprint density at radius 3 is 2.02 bits per heavy atom. The van der Waals surface area contributed by atoms with Gasteiger partial charge in [-0.05, 0) is 73.0 Å². The van der Waals surface area contributed by atoms with Crippen LogP contribution >= 0.6 is 11.6 Å². The van der Waals surface area contributed by atoms with E-state index in [2.05, 4.69) is 5.32 Å². The van der Waals surface area contributed by atoms with Gasteiger partial charge in [0.1, 0.15) is 18.4 Å². The van der Waals surface area contributed by atoms with Crippen molar-refractivity contribution in [2.45, 2.75) is 50.2 Å².